The van der Waals surface area contributed by atoms with Crippen molar-refractivity contribution >= 4 is 34.4 Å². The van der Waals surface area contributed by atoms with E-state index in [9.17, 15) is 4.79 Å². The van der Waals surface area contributed by atoms with Gasteiger partial charge in [0.25, 0.3) is 0 Å². The van der Waals surface area contributed by atoms with E-state index in [1.54, 1.807) is 24.5 Å². The van der Waals surface area contributed by atoms with Crippen molar-refractivity contribution in [2.45, 2.75) is 0 Å². The lowest BCUT2D eigenvalue weighted by molar-refractivity contribution is 0.130. The first-order chi connectivity index (χ1) is 7.74. The van der Waals surface area contributed by atoms with Crippen molar-refractivity contribution in [2.75, 3.05) is 5.32 Å². The highest BCUT2D eigenvalue weighted by Gasteiger charge is 2.05. The Balaban J connectivity index is 1.95. The van der Waals surface area contributed by atoms with Gasteiger partial charge in [0.05, 0.1) is 16.0 Å². The van der Waals surface area contributed by atoms with Gasteiger partial charge in [0.15, 0.2) is 0 Å². The highest BCUT2D eigenvalue weighted by molar-refractivity contribution is 14.1. The molecule has 1 amide bonds. The van der Waals surface area contributed by atoms with Crippen LogP contribution in [-0.2, 0) is 0 Å². The first kappa shape index (κ1) is 10.9. The van der Waals surface area contributed by atoms with Crippen LogP contribution in [0.15, 0.2) is 42.7 Å². The smallest absolute Gasteiger partial charge is 0.299 e. The number of anilines is 1. The maximum Gasteiger partial charge on any atom is 0.437 e. The number of para-hydroxylation sites is 1. The first-order valence-corrected chi connectivity index (χ1v) is 5.56. The molecule has 0 radical (unpaired) electrons. The van der Waals surface area contributed by atoms with Gasteiger partial charge in [0, 0.05) is 5.69 Å². The molecule has 16 heavy (non-hydrogen) atoms. The molecule has 2 aromatic rings. The van der Waals surface area contributed by atoms with Gasteiger partial charge in [-0.05, 0) is 34.7 Å². The molecule has 0 aliphatic carbocycles. The van der Waals surface area contributed by atoms with Gasteiger partial charge in [0.1, 0.15) is 0 Å². The standard InChI is InChI=1S/C10H8IN3O2/c11-8-6-12-14(7-8)16-10(15)13-9-4-2-1-3-5-9/h1-7H,(H,13,15). The van der Waals surface area contributed by atoms with Crippen molar-refractivity contribution < 1.29 is 9.63 Å². The number of halogens is 1. The Labute approximate surface area is 106 Å². The van der Waals surface area contributed by atoms with Crippen LogP contribution in [0.25, 0.3) is 0 Å². The molecular formula is C10H8IN3O2. The van der Waals surface area contributed by atoms with E-state index in [-0.39, 0.29) is 0 Å². The molecule has 1 aromatic heterocycles. The van der Waals surface area contributed by atoms with Crippen LogP contribution >= 0.6 is 22.6 Å². The molecule has 2 rings (SSSR count). The molecule has 0 spiro atoms. The Kier molecular flexibility index (Phi) is 3.40. The predicted molar refractivity (Wildman–Crippen MR) is 67.0 cm³/mol. The van der Waals surface area contributed by atoms with E-state index in [0.717, 1.165) is 8.42 Å². The number of carbonyl (C=O) groups is 1. The zero-order valence-electron chi connectivity index (χ0n) is 8.13. The lowest BCUT2D eigenvalue weighted by atomic mass is 10.3. The normalized spacial score (nSPS) is 9.81. The molecule has 0 aliphatic heterocycles. The number of nitrogens with zero attached hydrogens (tertiary/aromatic N) is 2. The van der Waals surface area contributed by atoms with Gasteiger partial charge in [-0.1, -0.05) is 23.0 Å². The molecule has 1 heterocycles. The Morgan fingerprint density at radius 2 is 2.12 bits per heavy atom. The summed E-state index contributed by atoms with van der Waals surface area (Å²) >= 11 is 2.08. The number of rotatable bonds is 2. The van der Waals surface area contributed by atoms with Gasteiger partial charge in [-0.25, -0.2) is 4.79 Å². The van der Waals surface area contributed by atoms with E-state index in [2.05, 4.69) is 33.0 Å². The third kappa shape index (κ3) is 2.96. The van der Waals surface area contributed by atoms with Crippen molar-refractivity contribution in [3.63, 3.8) is 0 Å². The van der Waals surface area contributed by atoms with Gasteiger partial charge < -0.3 is 0 Å². The largest absolute Gasteiger partial charge is 0.437 e. The van der Waals surface area contributed by atoms with Crippen molar-refractivity contribution in [2.24, 2.45) is 0 Å². The summed E-state index contributed by atoms with van der Waals surface area (Å²) in [6, 6.07) is 9.06. The van der Waals surface area contributed by atoms with Gasteiger partial charge in [-0.2, -0.15) is 0 Å². The first-order valence-electron chi connectivity index (χ1n) is 4.48. The van der Waals surface area contributed by atoms with E-state index >= 15 is 0 Å². The third-order valence-corrected chi connectivity index (χ3v) is 2.28. The molecule has 0 aliphatic rings. The van der Waals surface area contributed by atoms with E-state index < -0.39 is 6.09 Å². The number of carbonyl (C=O) groups excluding carboxylic acids is 1. The monoisotopic (exact) mass is 329 g/mol. The quantitative estimate of drug-likeness (QED) is 0.859. The molecule has 0 fully saturated rings. The van der Waals surface area contributed by atoms with E-state index in [1.165, 1.54) is 0 Å². The number of aromatic nitrogens is 2. The highest BCUT2D eigenvalue weighted by Crippen LogP contribution is 2.05. The van der Waals surface area contributed by atoms with E-state index in [1.807, 2.05) is 18.2 Å². The molecule has 0 saturated heterocycles. The Morgan fingerprint density at radius 1 is 1.38 bits per heavy atom. The van der Waals surface area contributed by atoms with Crippen LogP contribution in [0.1, 0.15) is 0 Å². The average Bonchev–Trinajstić information content (AvgIpc) is 2.65. The van der Waals surface area contributed by atoms with Gasteiger partial charge in [-0.15, -0.1) is 5.10 Å². The van der Waals surface area contributed by atoms with E-state index in [0.29, 0.717) is 5.69 Å². The minimum absolute atomic E-state index is 0.578. The summed E-state index contributed by atoms with van der Waals surface area (Å²) in [4.78, 5) is 17.4. The molecular weight excluding hydrogens is 321 g/mol. The molecule has 6 heteroatoms. The van der Waals surface area contributed by atoms with Crippen molar-refractivity contribution in [1.82, 2.24) is 9.94 Å². The maximum absolute atomic E-state index is 11.4. The second-order valence-electron chi connectivity index (χ2n) is 2.93. The zero-order chi connectivity index (χ0) is 11.4. The predicted octanol–water partition coefficient (Wildman–Crippen LogP) is 2.15. The molecule has 5 nitrogen and oxygen atoms in total. The van der Waals surface area contributed by atoms with Crippen LogP contribution in [0.5, 0.6) is 0 Å². The van der Waals surface area contributed by atoms with Gasteiger partial charge in [-0.3, -0.25) is 10.2 Å². The van der Waals surface area contributed by atoms with Gasteiger partial charge >= 0.3 is 6.09 Å². The number of hydrogen-bond acceptors (Lipinski definition) is 3. The lowest BCUT2D eigenvalue weighted by Gasteiger charge is -2.04. The summed E-state index contributed by atoms with van der Waals surface area (Å²) in [5.74, 6) is 0. The van der Waals surface area contributed by atoms with Crippen LogP contribution in [-0.4, -0.2) is 16.0 Å². The molecule has 0 atom stereocenters. The van der Waals surface area contributed by atoms with Crippen molar-refractivity contribution in [3.8, 4) is 0 Å². The van der Waals surface area contributed by atoms with Crippen LogP contribution in [0.3, 0.4) is 0 Å². The fourth-order valence-corrected chi connectivity index (χ4v) is 1.44. The lowest BCUT2D eigenvalue weighted by Crippen LogP contribution is -2.25. The number of amides is 1. The van der Waals surface area contributed by atoms with Crippen molar-refractivity contribution in [1.29, 1.82) is 0 Å². The average molecular weight is 329 g/mol. The highest BCUT2D eigenvalue weighted by atomic mass is 127. The summed E-state index contributed by atoms with van der Waals surface area (Å²) in [6.07, 6.45) is 2.62. The summed E-state index contributed by atoms with van der Waals surface area (Å²) in [5.41, 5.74) is 0.675. The number of benzene rings is 1. The van der Waals surface area contributed by atoms with Crippen LogP contribution in [0.4, 0.5) is 10.5 Å². The third-order valence-electron chi connectivity index (χ3n) is 1.73. The summed E-state index contributed by atoms with van der Waals surface area (Å²) < 4.78 is 0.894. The summed E-state index contributed by atoms with van der Waals surface area (Å²) in [7, 11) is 0. The fourth-order valence-electron chi connectivity index (χ4n) is 1.08. The molecule has 0 unspecified atom stereocenters. The van der Waals surface area contributed by atoms with Crippen molar-refractivity contribution in [3.05, 3.63) is 46.3 Å². The van der Waals surface area contributed by atoms with E-state index in [4.69, 9.17) is 4.84 Å². The number of hydrogen-bond donors (Lipinski definition) is 1. The molecule has 1 N–H and O–H groups in total. The molecule has 82 valence electrons. The zero-order valence-corrected chi connectivity index (χ0v) is 10.3. The van der Waals surface area contributed by atoms with Crippen LogP contribution < -0.4 is 10.2 Å². The Bertz CT molecular complexity index is 484. The SMILES string of the molecule is O=C(Nc1ccccc1)On1cc(I)cn1. The minimum atomic E-state index is -0.578. The molecule has 0 saturated carbocycles. The minimum Gasteiger partial charge on any atom is -0.299 e. The topological polar surface area (TPSA) is 56.1 Å². The number of nitrogens with one attached hydrogen (secondary N) is 1. The molecule has 1 aromatic carbocycles. The summed E-state index contributed by atoms with van der Waals surface area (Å²) in [6.45, 7) is 0. The second kappa shape index (κ2) is 4.97. The van der Waals surface area contributed by atoms with Crippen LogP contribution in [0, 0.1) is 3.57 Å². The van der Waals surface area contributed by atoms with Gasteiger partial charge in [0.2, 0.25) is 0 Å². The Morgan fingerprint density at radius 3 is 2.75 bits per heavy atom. The second-order valence-corrected chi connectivity index (χ2v) is 4.18. The Hall–Kier alpha value is -1.57. The fraction of sp³-hybridized carbons (Fsp3) is 0. The van der Waals surface area contributed by atoms with Crippen LogP contribution in [0.2, 0.25) is 0 Å². The summed E-state index contributed by atoms with van der Waals surface area (Å²) in [5, 5.41) is 6.40. The molecule has 0 bridgehead atoms. The maximum atomic E-state index is 11.4.